The lowest BCUT2D eigenvalue weighted by molar-refractivity contribution is -0.138. The van der Waals surface area contributed by atoms with Crippen LogP contribution in [0.1, 0.15) is 60.5 Å². The number of thiazole rings is 1. The molecule has 0 saturated heterocycles. The van der Waals surface area contributed by atoms with Gasteiger partial charge >= 0.3 is 5.97 Å². The van der Waals surface area contributed by atoms with Crippen LogP contribution in [-0.4, -0.2) is 17.1 Å². The average Bonchev–Trinajstić information content (AvgIpc) is 3.38. The van der Waals surface area contributed by atoms with E-state index < -0.39 is 12.0 Å². The third-order valence-corrected chi connectivity index (χ3v) is 8.70. The second-order valence-corrected chi connectivity index (χ2v) is 12.1. The van der Waals surface area contributed by atoms with Crippen molar-refractivity contribution in [1.29, 1.82) is 0 Å². The van der Waals surface area contributed by atoms with Crippen LogP contribution in [0.5, 0.6) is 5.75 Å². The van der Waals surface area contributed by atoms with Crippen LogP contribution in [0.15, 0.2) is 125 Å². The normalized spacial score (nSPS) is 14.7. The Balaban J connectivity index is 1.45. The maximum absolute atomic E-state index is 14.2. The number of aromatic nitrogens is 1. The van der Waals surface area contributed by atoms with Crippen molar-refractivity contribution in [2.45, 2.75) is 39.3 Å². The molecule has 5 aromatic rings. The summed E-state index contributed by atoms with van der Waals surface area (Å²) >= 11 is 1.31. The van der Waals surface area contributed by atoms with Gasteiger partial charge in [-0.15, -0.1) is 0 Å². The molecule has 226 valence electrons. The molecule has 1 atom stereocenters. The lowest BCUT2D eigenvalue weighted by atomic mass is 9.91. The van der Waals surface area contributed by atoms with E-state index in [9.17, 15) is 9.59 Å². The van der Waals surface area contributed by atoms with E-state index in [1.165, 1.54) is 16.9 Å². The van der Waals surface area contributed by atoms with E-state index in [4.69, 9.17) is 14.5 Å². The standard InChI is InChI=1S/C38H34N2O4S/c1-4-43-37(42)33-34(29-13-9-6-10-14-29)39-38-40(35(33)30-19-17-28(18-20-30)25(2)3)36(41)32(45-38)23-26-15-21-31(22-16-26)44-24-27-11-7-5-8-12-27/h5-23,25,35H,4,24H2,1-3H3/b32-23-. The minimum absolute atomic E-state index is 0.207. The molecule has 0 N–H and O–H groups in total. The minimum Gasteiger partial charge on any atom is -0.489 e. The Morgan fingerprint density at radius 2 is 1.58 bits per heavy atom. The first-order chi connectivity index (χ1) is 21.9. The van der Waals surface area contributed by atoms with Gasteiger partial charge in [-0.3, -0.25) is 9.36 Å². The lowest BCUT2D eigenvalue weighted by Gasteiger charge is -2.26. The Morgan fingerprint density at radius 1 is 0.911 bits per heavy atom. The van der Waals surface area contributed by atoms with Gasteiger partial charge in [0.2, 0.25) is 0 Å². The van der Waals surface area contributed by atoms with Gasteiger partial charge in [0.15, 0.2) is 4.80 Å². The second kappa shape index (κ2) is 13.3. The van der Waals surface area contributed by atoms with Crippen molar-refractivity contribution in [3.8, 4) is 5.75 Å². The zero-order valence-corrected chi connectivity index (χ0v) is 26.3. The SMILES string of the molecule is CCOC(=O)C1=C(c2ccccc2)N=c2s/c(=C\c3ccc(OCc4ccccc4)cc3)c(=O)n2C1c1ccc(C(C)C)cc1. The van der Waals surface area contributed by atoms with Crippen molar-refractivity contribution in [2.75, 3.05) is 6.61 Å². The number of fused-ring (bicyclic) bond motifs is 1. The second-order valence-electron chi connectivity index (χ2n) is 11.1. The van der Waals surface area contributed by atoms with Gasteiger partial charge in [0.1, 0.15) is 12.4 Å². The molecule has 6 nitrogen and oxygen atoms in total. The van der Waals surface area contributed by atoms with E-state index in [0.29, 0.717) is 33.1 Å². The van der Waals surface area contributed by atoms with E-state index in [0.717, 1.165) is 28.0 Å². The topological polar surface area (TPSA) is 69.9 Å². The van der Waals surface area contributed by atoms with Gasteiger partial charge in [0, 0.05) is 5.56 Å². The van der Waals surface area contributed by atoms with Crippen LogP contribution in [0.2, 0.25) is 0 Å². The van der Waals surface area contributed by atoms with Crippen LogP contribution in [0.3, 0.4) is 0 Å². The summed E-state index contributed by atoms with van der Waals surface area (Å²) in [6, 6.07) is 34.7. The molecule has 2 heterocycles. The van der Waals surface area contributed by atoms with Crippen molar-refractivity contribution < 1.29 is 14.3 Å². The van der Waals surface area contributed by atoms with Crippen LogP contribution >= 0.6 is 11.3 Å². The van der Waals surface area contributed by atoms with Gasteiger partial charge in [-0.05, 0) is 53.3 Å². The van der Waals surface area contributed by atoms with Gasteiger partial charge in [0.05, 0.1) is 28.5 Å². The van der Waals surface area contributed by atoms with Gasteiger partial charge < -0.3 is 9.47 Å². The molecule has 0 amide bonds. The molecule has 4 aromatic carbocycles. The van der Waals surface area contributed by atoms with Gasteiger partial charge in [0.25, 0.3) is 5.56 Å². The number of carbonyl (C=O) groups is 1. The molecule has 0 radical (unpaired) electrons. The summed E-state index contributed by atoms with van der Waals surface area (Å²) in [5, 5.41) is 0. The summed E-state index contributed by atoms with van der Waals surface area (Å²) < 4.78 is 13.7. The lowest BCUT2D eigenvalue weighted by Crippen LogP contribution is -2.40. The Labute approximate surface area is 266 Å². The highest BCUT2D eigenvalue weighted by Crippen LogP contribution is 2.35. The highest BCUT2D eigenvalue weighted by molar-refractivity contribution is 7.07. The summed E-state index contributed by atoms with van der Waals surface area (Å²) in [5.74, 6) is 0.600. The number of rotatable bonds is 9. The summed E-state index contributed by atoms with van der Waals surface area (Å²) in [5.41, 5.74) is 5.37. The van der Waals surface area contributed by atoms with E-state index in [1.807, 2.05) is 103 Å². The fourth-order valence-electron chi connectivity index (χ4n) is 5.37. The molecular weight excluding hydrogens is 580 g/mol. The van der Waals surface area contributed by atoms with Gasteiger partial charge in [-0.25, -0.2) is 9.79 Å². The Hall–Kier alpha value is -5.01. The summed E-state index contributed by atoms with van der Waals surface area (Å²) in [6.07, 6.45) is 1.86. The molecule has 0 spiro atoms. The molecule has 45 heavy (non-hydrogen) atoms. The molecule has 1 unspecified atom stereocenters. The molecule has 0 bridgehead atoms. The Kier molecular flexibility index (Phi) is 8.89. The molecule has 1 aromatic heterocycles. The number of benzene rings is 4. The number of hydrogen-bond donors (Lipinski definition) is 0. The first kappa shape index (κ1) is 30.0. The fourth-order valence-corrected chi connectivity index (χ4v) is 6.37. The van der Waals surface area contributed by atoms with E-state index >= 15 is 0 Å². The molecule has 6 rings (SSSR count). The summed E-state index contributed by atoms with van der Waals surface area (Å²) in [6.45, 7) is 6.73. The predicted octanol–water partition coefficient (Wildman–Crippen LogP) is 6.64. The Bertz CT molecular complexity index is 2010. The molecular formula is C38H34N2O4S. The van der Waals surface area contributed by atoms with E-state index in [2.05, 4.69) is 26.0 Å². The van der Waals surface area contributed by atoms with E-state index in [-0.39, 0.29) is 12.2 Å². The average molecular weight is 615 g/mol. The largest absolute Gasteiger partial charge is 0.489 e. The van der Waals surface area contributed by atoms with Crippen LogP contribution < -0.4 is 19.6 Å². The number of esters is 1. The quantitative estimate of drug-likeness (QED) is 0.175. The third-order valence-electron chi connectivity index (χ3n) is 7.72. The van der Waals surface area contributed by atoms with Crippen LogP contribution in [-0.2, 0) is 16.1 Å². The molecule has 0 aliphatic carbocycles. The summed E-state index contributed by atoms with van der Waals surface area (Å²) in [7, 11) is 0. The monoisotopic (exact) mass is 614 g/mol. The molecule has 0 saturated carbocycles. The first-order valence-corrected chi connectivity index (χ1v) is 15.9. The number of hydrogen-bond acceptors (Lipinski definition) is 6. The Morgan fingerprint density at radius 3 is 2.22 bits per heavy atom. The zero-order chi connectivity index (χ0) is 31.3. The summed E-state index contributed by atoms with van der Waals surface area (Å²) in [4.78, 5) is 33.3. The van der Waals surface area contributed by atoms with Crippen molar-refractivity contribution in [2.24, 2.45) is 4.99 Å². The van der Waals surface area contributed by atoms with Crippen LogP contribution in [0.4, 0.5) is 0 Å². The molecule has 1 aliphatic heterocycles. The minimum atomic E-state index is -0.701. The smallest absolute Gasteiger partial charge is 0.338 e. The maximum Gasteiger partial charge on any atom is 0.338 e. The molecule has 0 fully saturated rings. The van der Waals surface area contributed by atoms with Crippen LogP contribution in [0.25, 0.3) is 11.8 Å². The van der Waals surface area contributed by atoms with Crippen molar-refractivity contribution >= 4 is 29.1 Å². The highest BCUT2D eigenvalue weighted by Gasteiger charge is 2.35. The highest BCUT2D eigenvalue weighted by atomic mass is 32.1. The fraction of sp³-hybridized carbons (Fsp3) is 0.184. The van der Waals surface area contributed by atoms with Crippen LogP contribution in [0, 0.1) is 0 Å². The number of carbonyl (C=O) groups excluding carboxylic acids is 1. The number of nitrogens with zero attached hydrogens (tertiary/aromatic N) is 2. The van der Waals surface area contributed by atoms with Crippen molar-refractivity contribution in [3.05, 3.63) is 162 Å². The predicted molar refractivity (Wildman–Crippen MR) is 179 cm³/mol. The molecule has 7 heteroatoms. The third kappa shape index (κ3) is 6.44. The van der Waals surface area contributed by atoms with Gasteiger partial charge in [-0.1, -0.05) is 122 Å². The van der Waals surface area contributed by atoms with E-state index in [1.54, 1.807) is 11.5 Å². The van der Waals surface area contributed by atoms with Gasteiger partial charge in [-0.2, -0.15) is 0 Å². The maximum atomic E-state index is 14.2. The zero-order valence-electron chi connectivity index (χ0n) is 25.5. The number of ether oxygens (including phenoxy) is 2. The first-order valence-electron chi connectivity index (χ1n) is 15.1. The molecule has 1 aliphatic rings. The van der Waals surface area contributed by atoms with Crippen molar-refractivity contribution in [1.82, 2.24) is 4.57 Å². The van der Waals surface area contributed by atoms with Crippen molar-refractivity contribution in [3.63, 3.8) is 0 Å².